The van der Waals surface area contributed by atoms with E-state index in [-0.39, 0.29) is 29.6 Å². The Morgan fingerprint density at radius 2 is 0.269 bits per heavy atom. The zero-order valence-electron chi connectivity index (χ0n) is 41.5. The van der Waals surface area contributed by atoms with E-state index >= 15 is 87.8 Å². The topological polar surface area (TPSA) is 0 Å². The van der Waals surface area contributed by atoms with Gasteiger partial charge in [0.25, 0.3) is 28.3 Å². The standard InChI is InChI=1S/C36BF36.C9BrF9.Na/c38-9-1(25(54)29(58,59)30(25,60)61)10(39)18(47)5(17(9)46)37(6-19(48)11(40)2(12(41)20(6)49)26(55)31(62,63)32(26,64)65,7-21(50)13(42)3(14(43)22(7)51)27(56)33(66,67)34(27,68)69)8-23(52)15(44)4(16(45)24(8)53)28(57)35(70,71)36(28,72)73;10-2-5(13)3(11)1(4(12)6(2)14)7(15)8(16,17)9(7,18)19;/q-1;;+1. The van der Waals surface area contributed by atoms with Gasteiger partial charge in [-0.25, -0.2) is 110 Å². The van der Waals surface area contributed by atoms with Gasteiger partial charge in [-0.3, -0.25) is 0 Å². The molecule has 0 spiro atoms. The molecule has 0 atom stereocenters. The number of benzene rings is 5. The van der Waals surface area contributed by atoms with E-state index in [2.05, 4.69) is 0 Å². The molecule has 0 aromatic heterocycles. The first-order valence-corrected chi connectivity index (χ1v) is 23.1. The van der Waals surface area contributed by atoms with Crippen LogP contribution in [0.4, 0.5) is 198 Å². The van der Waals surface area contributed by atoms with E-state index in [0.717, 1.165) is 0 Å². The molecule has 0 aliphatic heterocycles. The first kappa shape index (κ1) is 73.3. The van der Waals surface area contributed by atoms with Crippen LogP contribution in [0.3, 0.4) is 0 Å². The normalized spacial score (nSPS) is 23.3. The second-order valence-electron chi connectivity index (χ2n) is 20.0. The molecule has 5 aliphatic carbocycles. The molecule has 0 radical (unpaired) electrons. The molecule has 5 aromatic rings. The summed E-state index contributed by atoms with van der Waals surface area (Å²) in [5, 5.41) is 0. The Morgan fingerprint density at radius 3 is 0.366 bits per heavy atom. The van der Waals surface area contributed by atoms with Gasteiger partial charge in [0.15, 0.2) is 69.8 Å². The van der Waals surface area contributed by atoms with E-state index in [0.29, 0.717) is 0 Å². The van der Waals surface area contributed by atoms with Gasteiger partial charge in [0, 0.05) is 0 Å². The summed E-state index contributed by atoms with van der Waals surface area (Å²) in [6.45, 7) is 0. The zero-order chi connectivity index (χ0) is 71.3. The molecular weight excluding hydrogens is 1510 g/mol. The van der Waals surface area contributed by atoms with Gasteiger partial charge in [0.2, 0.25) is 0 Å². The Labute approximate surface area is 505 Å². The number of alkyl halides is 25. The van der Waals surface area contributed by atoms with E-state index in [4.69, 9.17) is 0 Å². The van der Waals surface area contributed by atoms with Crippen molar-refractivity contribution in [1.29, 1.82) is 0 Å². The fraction of sp³-hybridized carbons (Fsp3) is 0.333. The van der Waals surface area contributed by atoms with Gasteiger partial charge in [-0.05, 0) is 15.9 Å². The van der Waals surface area contributed by atoms with Crippen molar-refractivity contribution in [1.82, 2.24) is 0 Å². The van der Waals surface area contributed by atoms with E-state index in [9.17, 15) is 110 Å². The van der Waals surface area contributed by atoms with Crippen molar-refractivity contribution in [3.05, 3.63) is 149 Å². The second kappa shape index (κ2) is 19.4. The molecule has 0 amide bonds. The summed E-state index contributed by atoms with van der Waals surface area (Å²) in [4.78, 5) is 0. The number of halogens is 46. The Morgan fingerprint density at radius 1 is 0.172 bits per heavy atom. The molecule has 0 N–H and O–H groups in total. The Hall–Kier alpha value is -5.51. The van der Waals surface area contributed by atoms with Crippen LogP contribution in [-0.4, -0.2) is 65.4 Å². The van der Waals surface area contributed by atoms with Crippen molar-refractivity contribution >= 4 is 43.9 Å². The van der Waals surface area contributed by atoms with Crippen LogP contribution >= 0.6 is 15.9 Å². The third kappa shape index (κ3) is 7.17. The van der Waals surface area contributed by atoms with Gasteiger partial charge in [0.1, 0.15) is 52.7 Å². The largest absolute Gasteiger partial charge is 1.00 e. The summed E-state index contributed by atoms with van der Waals surface area (Å²) in [6, 6.07) is 0. The summed E-state index contributed by atoms with van der Waals surface area (Å²) < 4.78 is 662. The first-order chi connectivity index (χ1) is 41.0. The summed E-state index contributed by atoms with van der Waals surface area (Å²) in [5.74, 6) is -152. The molecule has 48 heteroatoms. The fourth-order valence-corrected chi connectivity index (χ4v) is 11.0. The molecule has 5 fully saturated rings. The minimum absolute atomic E-state index is 0. The fourth-order valence-electron chi connectivity index (χ4n) is 10.6. The molecule has 0 heterocycles. The van der Waals surface area contributed by atoms with Crippen LogP contribution in [0, 0.1) is 116 Å². The van der Waals surface area contributed by atoms with E-state index in [1.54, 1.807) is 0 Å². The van der Waals surface area contributed by atoms with Crippen LogP contribution in [0.5, 0.6) is 0 Å². The van der Waals surface area contributed by atoms with Gasteiger partial charge in [-0.15, -0.1) is 21.9 Å². The molecule has 5 saturated carbocycles. The summed E-state index contributed by atoms with van der Waals surface area (Å²) in [6.07, 6.45) is -8.83. The molecule has 0 saturated heterocycles. The maximum Gasteiger partial charge on any atom is 1.00 e. The van der Waals surface area contributed by atoms with Gasteiger partial charge in [-0.2, -0.15) is 87.8 Å². The summed E-state index contributed by atoms with van der Waals surface area (Å²) in [5.41, 5.74) is -70.9. The Kier molecular flexibility index (Phi) is 15.3. The molecule has 0 unspecified atom stereocenters. The molecule has 506 valence electrons. The van der Waals surface area contributed by atoms with Gasteiger partial charge >= 0.3 is 88.8 Å². The quantitative estimate of drug-likeness (QED) is 0.0597. The minimum Gasteiger partial charge on any atom is -0.224 e. The smallest absolute Gasteiger partial charge is 0.224 e. The molecule has 10 rings (SSSR count). The average Bonchev–Trinajstić information content (AvgIpc) is 1.60. The van der Waals surface area contributed by atoms with Crippen LogP contribution in [0.2, 0.25) is 0 Å². The van der Waals surface area contributed by atoms with E-state index in [1.165, 1.54) is 0 Å². The van der Waals surface area contributed by atoms with Crippen molar-refractivity contribution in [3.63, 3.8) is 0 Å². The predicted molar refractivity (Wildman–Crippen MR) is 207 cm³/mol. The number of rotatable bonds is 9. The summed E-state index contributed by atoms with van der Waals surface area (Å²) >= 11 is 2.03. The molecule has 5 aromatic carbocycles. The van der Waals surface area contributed by atoms with Crippen LogP contribution in [-0.2, 0) is 28.3 Å². The number of hydrogen-bond donors (Lipinski definition) is 0. The Bertz CT molecular complexity index is 3560. The first-order valence-electron chi connectivity index (χ1n) is 22.3. The molecule has 5 aliphatic rings. The molecule has 0 bridgehead atoms. The maximum absolute atomic E-state index is 16.7. The Balaban J connectivity index is 0.000000474. The van der Waals surface area contributed by atoms with Crippen molar-refractivity contribution in [2.75, 3.05) is 0 Å². The van der Waals surface area contributed by atoms with Gasteiger partial charge in [-0.1, -0.05) is 0 Å². The van der Waals surface area contributed by atoms with Crippen molar-refractivity contribution < 1.29 is 227 Å². The zero-order valence-corrected chi connectivity index (χ0v) is 45.0. The monoisotopic (exact) mass is 1510 g/mol. The van der Waals surface area contributed by atoms with Crippen molar-refractivity contribution in [2.24, 2.45) is 0 Å². The van der Waals surface area contributed by atoms with Crippen LogP contribution in [0.15, 0.2) is 4.47 Å². The molecule has 93 heavy (non-hydrogen) atoms. The van der Waals surface area contributed by atoms with Crippen molar-refractivity contribution in [2.45, 2.75) is 87.6 Å². The average molecular weight is 1510 g/mol. The molecule has 0 nitrogen and oxygen atoms in total. The third-order valence-corrected chi connectivity index (χ3v) is 16.5. The second-order valence-corrected chi connectivity index (χ2v) is 20.8. The minimum atomic E-state index is -8.83. The van der Waals surface area contributed by atoms with Crippen LogP contribution < -0.4 is 51.4 Å². The third-order valence-electron chi connectivity index (χ3n) is 15.8. The van der Waals surface area contributed by atoms with Gasteiger partial charge in [0.05, 0.1) is 32.3 Å². The maximum atomic E-state index is 16.7. The SMILES string of the molecule is Fc1c(F)c(C2(F)C(F)(F)C2(F)F)c(F)c(F)c1Br.Fc1c(F)c(C2(F)C(F)(F)C2(F)F)c(F)c(F)c1[B-](c1c(F)c(F)c(C2(F)C(F)(F)C2(F)F)c(F)c1F)(c1c(F)c(F)c(C2(F)C(F)(F)C2(F)F)c(F)c1F)c1c(F)c(F)c(C2(F)C(F)(F)C2(F)F)c(F)c1F.[Na+]. The van der Waals surface area contributed by atoms with Gasteiger partial charge < -0.3 is 0 Å². The van der Waals surface area contributed by atoms with E-state index in [1.807, 2.05) is 15.9 Å². The number of hydrogen-bond acceptors (Lipinski definition) is 0. The van der Waals surface area contributed by atoms with E-state index < -0.39 is 264 Å². The van der Waals surface area contributed by atoms with Crippen molar-refractivity contribution in [3.8, 4) is 0 Å². The van der Waals surface area contributed by atoms with Crippen LogP contribution in [0.25, 0.3) is 0 Å². The van der Waals surface area contributed by atoms with Crippen LogP contribution in [0.1, 0.15) is 27.8 Å². The molecular formula is C45BBrF45Na. The summed E-state index contributed by atoms with van der Waals surface area (Å²) in [7, 11) is 0. The predicted octanol–water partition coefficient (Wildman–Crippen LogP) is 12.5.